The highest BCUT2D eigenvalue weighted by Crippen LogP contribution is 2.23. The monoisotopic (exact) mass is 420 g/mol. The van der Waals surface area contributed by atoms with Gasteiger partial charge in [0.1, 0.15) is 18.5 Å². The van der Waals surface area contributed by atoms with E-state index in [0.29, 0.717) is 25.9 Å². The summed E-state index contributed by atoms with van der Waals surface area (Å²) in [6.07, 6.45) is 2.71. The second-order valence-electron chi connectivity index (χ2n) is 7.91. The van der Waals surface area contributed by atoms with Gasteiger partial charge in [0, 0.05) is 25.0 Å². The van der Waals surface area contributed by atoms with Crippen molar-refractivity contribution in [2.45, 2.75) is 43.9 Å². The molecule has 0 radical (unpaired) electrons. The van der Waals surface area contributed by atoms with Gasteiger partial charge in [-0.1, -0.05) is 0 Å². The number of amides is 2. The van der Waals surface area contributed by atoms with Gasteiger partial charge in [-0.15, -0.1) is 0 Å². The number of carbonyl (C=O) groups excluding carboxylic acids is 3. The van der Waals surface area contributed by atoms with Gasteiger partial charge < -0.3 is 24.3 Å². The normalized spacial score (nSPS) is 23.1. The molecule has 3 rings (SSSR count). The zero-order valence-corrected chi connectivity index (χ0v) is 16.8. The van der Waals surface area contributed by atoms with E-state index in [-0.39, 0.29) is 49.0 Å². The van der Waals surface area contributed by atoms with Crippen molar-refractivity contribution in [3.63, 3.8) is 0 Å². The standard InChI is InChI=1S/C20H25FN4O5/c1-20(23-10-17(26)25-11-15(21)8-16(25)9-22)3-5-24(6-4-20)18(27)13-30-19(28)14-2-7-29-12-14/h2,7,12,15-16,23H,3-6,8,10-11,13H2,1H3/t15-,16-/m0/s1. The van der Waals surface area contributed by atoms with Crippen LogP contribution in [0.4, 0.5) is 4.39 Å². The van der Waals surface area contributed by atoms with Gasteiger partial charge >= 0.3 is 5.97 Å². The SMILES string of the molecule is CC1(NCC(=O)N2C[C@@H](F)C[C@H]2C#N)CCN(C(=O)COC(=O)c2ccoc2)CC1. The molecular formula is C20H25FN4O5. The molecule has 10 heteroatoms. The number of halogens is 1. The number of likely N-dealkylation sites (tertiary alicyclic amines) is 2. The Hall–Kier alpha value is -2.93. The molecule has 2 saturated heterocycles. The summed E-state index contributed by atoms with van der Waals surface area (Å²) in [7, 11) is 0. The number of carbonyl (C=O) groups is 3. The molecular weight excluding hydrogens is 395 g/mol. The number of ether oxygens (including phenoxy) is 1. The fourth-order valence-electron chi connectivity index (χ4n) is 3.68. The number of rotatable bonds is 6. The van der Waals surface area contributed by atoms with E-state index >= 15 is 0 Å². The highest BCUT2D eigenvalue weighted by atomic mass is 19.1. The number of hydrogen-bond donors (Lipinski definition) is 1. The molecule has 2 atom stereocenters. The molecule has 2 fully saturated rings. The minimum absolute atomic E-state index is 0.0116. The number of nitrogens with one attached hydrogen (secondary N) is 1. The van der Waals surface area contributed by atoms with Crippen LogP contribution in [-0.4, -0.2) is 78.1 Å². The quantitative estimate of drug-likeness (QED) is 0.679. The number of piperidine rings is 1. The molecule has 162 valence electrons. The van der Waals surface area contributed by atoms with E-state index in [9.17, 15) is 18.8 Å². The zero-order chi connectivity index (χ0) is 21.7. The number of nitriles is 1. The summed E-state index contributed by atoms with van der Waals surface area (Å²) in [6, 6.07) is 2.71. The van der Waals surface area contributed by atoms with Gasteiger partial charge in [-0.3, -0.25) is 9.59 Å². The Morgan fingerprint density at radius 3 is 2.73 bits per heavy atom. The Kier molecular flexibility index (Phi) is 6.72. The first kappa shape index (κ1) is 21.8. The van der Waals surface area contributed by atoms with Gasteiger partial charge in [0.15, 0.2) is 6.61 Å². The molecule has 3 heterocycles. The maximum Gasteiger partial charge on any atom is 0.341 e. The predicted molar refractivity (Wildman–Crippen MR) is 102 cm³/mol. The number of furan rings is 1. The third-order valence-electron chi connectivity index (χ3n) is 5.69. The van der Waals surface area contributed by atoms with Crippen molar-refractivity contribution in [3.8, 4) is 6.07 Å². The van der Waals surface area contributed by atoms with Crippen LogP contribution in [-0.2, 0) is 14.3 Å². The van der Waals surface area contributed by atoms with Crippen LogP contribution < -0.4 is 5.32 Å². The fraction of sp³-hybridized carbons (Fsp3) is 0.600. The van der Waals surface area contributed by atoms with Crippen LogP contribution >= 0.6 is 0 Å². The predicted octanol–water partition coefficient (Wildman–Crippen LogP) is 0.870. The smallest absolute Gasteiger partial charge is 0.341 e. The van der Waals surface area contributed by atoms with Crippen LogP contribution in [0.5, 0.6) is 0 Å². The molecule has 0 unspecified atom stereocenters. The van der Waals surface area contributed by atoms with Crippen molar-refractivity contribution < 1.29 is 27.9 Å². The van der Waals surface area contributed by atoms with Gasteiger partial charge in [0.05, 0.1) is 31.0 Å². The Morgan fingerprint density at radius 1 is 1.37 bits per heavy atom. The fourth-order valence-corrected chi connectivity index (χ4v) is 3.68. The summed E-state index contributed by atoms with van der Waals surface area (Å²) in [4.78, 5) is 39.4. The zero-order valence-electron chi connectivity index (χ0n) is 16.8. The summed E-state index contributed by atoms with van der Waals surface area (Å²) >= 11 is 0. The van der Waals surface area contributed by atoms with E-state index in [1.807, 2.05) is 13.0 Å². The van der Waals surface area contributed by atoms with Crippen molar-refractivity contribution in [3.05, 3.63) is 24.2 Å². The van der Waals surface area contributed by atoms with E-state index < -0.39 is 18.2 Å². The second-order valence-corrected chi connectivity index (χ2v) is 7.91. The molecule has 30 heavy (non-hydrogen) atoms. The molecule has 2 amide bonds. The largest absolute Gasteiger partial charge is 0.472 e. The average Bonchev–Trinajstić information content (AvgIpc) is 3.40. The minimum Gasteiger partial charge on any atom is -0.472 e. The van der Waals surface area contributed by atoms with Crippen LogP contribution in [0.3, 0.4) is 0 Å². The molecule has 9 nitrogen and oxygen atoms in total. The van der Waals surface area contributed by atoms with E-state index in [0.717, 1.165) is 0 Å². The summed E-state index contributed by atoms with van der Waals surface area (Å²) in [5.74, 6) is -1.20. The van der Waals surface area contributed by atoms with Gasteiger partial charge in [0.25, 0.3) is 5.91 Å². The van der Waals surface area contributed by atoms with Gasteiger partial charge in [-0.05, 0) is 25.8 Å². The van der Waals surface area contributed by atoms with Crippen LogP contribution in [0.2, 0.25) is 0 Å². The third-order valence-corrected chi connectivity index (χ3v) is 5.69. The molecule has 0 aromatic carbocycles. The number of esters is 1. The van der Waals surface area contributed by atoms with E-state index in [1.165, 1.54) is 23.5 Å². The Balaban J connectivity index is 1.41. The lowest BCUT2D eigenvalue weighted by atomic mass is 9.89. The number of alkyl halides is 1. The Labute approximate surface area is 173 Å². The van der Waals surface area contributed by atoms with E-state index in [1.54, 1.807) is 4.90 Å². The van der Waals surface area contributed by atoms with Gasteiger partial charge in [0.2, 0.25) is 5.91 Å². The molecule has 2 aliphatic rings. The maximum atomic E-state index is 13.5. The summed E-state index contributed by atoms with van der Waals surface area (Å²) in [6.45, 7) is 2.49. The first-order chi connectivity index (χ1) is 14.3. The topological polar surface area (TPSA) is 116 Å². The van der Waals surface area contributed by atoms with Crippen LogP contribution in [0.1, 0.15) is 36.5 Å². The van der Waals surface area contributed by atoms with Crippen LogP contribution in [0.15, 0.2) is 23.0 Å². The highest BCUT2D eigenvalue weighted by molar-refractivity contribution is 5.90. The van der Waals surface area contributed by atoms with Crippen LogP contribution in [0.25, 0.3) is 0 Å². The van der Waals surface area contributed by atoms with Crippen molar-refractivity contribution in [1.82, 2.24) is 15.1 Å². The molecule has 0 saturated carbocycles. The van der Waals surface area contributed by atoms with Crippen molar-refractivity contribution in [2.24, 2.45) is 0 Å². The number of nitrogens with zero attached hydrogens (tertiary/aromatic N) is 3. The van der Waals surface area contributed by atoms with E-state index in [2.05, 4.69) is 5.32 Å². The minimum atomic E-state index is -1.16. The molecule has 1 aromatic heterocycles. The third kappa shape index (κ3) is 5.16. The van der Waals surface area contributed by atoms with Gasteiger partial charge in [-0.2, -0.15) is 5.26 Å². The number of hydrogen-bond acceptors (Lipinski definition) is 7. The molecule has 1 aromatic rings. The lowest BCUT2D eigenvalue weighted by molar-refractivity contribution is -0.136. The van der Waals surface area contributed by atoms with Crippen LogP contribution in [0, 0.1) is 11.3 Å². The summed E-state index contributed by atoms with van der Waals surface area (Å²) in [5, 5.41) is 12.3. The first-order valence-electron chi connectivity index (χ1n) is 9.86. The molecule has 0 spiro atoms. The molecule has 0 bridgehead atoms. The van der Waals surface area contributed by atoms with Gasteiger partial charge in [-0.25, -0.2) is 9.18 Å². The summed E-state index contributed by atoms with van der Waals surface area (Å²) < 4.78 is 23.3. The molecule has 0 aliphatic carbocycles. The van der Waals surface area contributed by atoms with E-state index in [4.69, 9.17) is 14.4 Å². The molecule has 1 N–H and O–H groups in total. The Morgan fingerprint density at radius 2 is 2.10 bits per heavy atom. The lowest BCUT2D eigenvalue weighted by Gasteiger charge is -2.40. The average molecular weight is 420 g/mol. The second kappa shape index (κ2) is 9.26. The van der Waals surface area contributed by atoms with Crippen molar-refractivity contribution >= 4 is 17.8 Å². The van der Waals surface area contributed by atoms with Crippen molar-refractivity contribution in [2.75, 3.05) is 32.8 Å². The summed E-state index contributed by atoms with van der Waals surface area (Å²) in [5.41, 5.74) is -0.115. The Bertz CT molecular complexity index is 814. The maximum absolute atomic E-state index is 13.5. The highest BCUT2D eigenvalue weighted by Gasteiger charge is 2.37. The molecule has 2 aliphatic heterocycles. The first-order valence-corrected chi connectivity index (χ1v) is 9.86. The lowest BCUT2D eigenvalue weighted by Crippen LogP contribution is -2.55. The van der Waals surface area contributed by atoms with Crippen molar-refractivity contribution in [1.29, 1.82) is 5.26 Å².